The first-order valence-corrected chi connectivity index (χ1v) is 8.39. The number of halogens is 1. The zero-order valence-electron chi connectivity index (χ0n) is 12.3. The van der Waals surface area contributed by atoms with Crippen LogP contribution in [0, 0.1) is 6.92 Å². The van der Waals surface area contributed by atoms with Crippen LogP contribution in [0.4, 0.5) is 0 Å². The molecule has 0 saturated heterocycles. The number of aliphatic hydroxyl groups is 1. The molecule has 1 aromatic rings. The summed E-state index contributed by atoms with van der Waals surface area (Å²) in [6.07, 6.45) is 9.63. The standard InChI is InChI=1S/C17H27BrO/c1-3-4-5-6-7-8-9-13-17(19)15-11-10-12-16(18)14(15)2/h10-12,17,19H,3-9,13H2,1-2H3. The van der Waals surface area contributed by atoms with Gasteiger partial charge in [0, 0.05) is 4.47 Å². The van der Waals surface area contributed by atoms with Crippen LogP contribution in [0.5, 0.6) is 0 Å². The van der Waals surface area contributed by atoms with Gasteiger partial charge in [0.25, 0.3) is 0 Å². The van der Waals surface area contributed by atoms with Crippen molar-refractivity contribution in [1.29, 1.82) is 0 Å². The van der Waals surface area contributed by atoms with Gasteiger partial charge in [0.15, 0.2) is 0 Å². The lowest BCUT2D eigenvalue weighted by Gasteiger charge is -2.14. The van der Waals surface area contributed by atoms with Gasteiger partial charge in [-0.1, -0.05) is 79.9 Å². The highest BCUT2D eigenvalue weighted by molar-refractivity contribution is 9.10. The molecule has 19 heavy (non-hydrogen) atoms. The van der Waals surface area contributed by atoms with Crippen molar-refractivity contribution < 1.29 is 5.11 Å². The SMILES string of the molecule is CCCCCCCCCC(O)c1cccc(Br)c1C. The maximum Gasteiger partial charge on any atom is 0.0793 e. The summed E-state index contributed by atoms with van der Waals surface area (Å²) in [4.78, 5) is 0. The maximum atomic E-state index is 10.2. The van der Waals surface area contributed by atoms with Gasteiger partial charge in [-0.25, -0.2) is 0 Å². The number of aliphatic hydroxyl groups excluding tert-OH is 1. The molecule has 0 radical (unpaired) electrons. The van der Waals surface area contributed by atoms with E-state index in [4.69, 9.17) is 0 Å². The van der Waals surface area contributed by atoms with Crippen molar-refractivity contribution in [3.8, 4) is 0 Å². The molecule has 0 spiro atoms. The van der Waals surface area contributed by atoms with E-state index in [2.05, 4.69) is 29.8 Å². The van der Waals surface area contributed by atoms with Crippen LogP contribution in [-0.4, -0.2) is 5.11 Å². The minimum absolute atomic E-state index is 0.312. The van der Waals surface area contributed by atoms with Crippen molar-refractivity contribution in [2.75, 3.05) is 0 Å². The molecule has 0 aromatic heterocycles. The molecule has 0 fully saturated rings. The lowest BCUT2D eigenvalue weighted by Crippen LogP contribution is -2.00. The van der Waals surface area contributed by atoms with Gasteiger partial charge in [0.2, 0.25) is 0 Å². The summed E-state index contributed by atoms with van der Waals surface area (Å²) in [5.74, 6) is 0. The van der Waals surface area contributed by atoms with E-state index in [0.717, 1.165) is 28.4 Å². The molecule has 1 aromatic carbocycles. The summed E-state index contributed by atoms with van der Waals surface area (Å²) < 4.78 is 1.09. The first-order chi connectivity index (χ1) is 9.16. The Morgan fingerprint density at radius 2 is 1.68 bits per heavy atom. The molecule has 0 aliphatic heterocycles. The Morgan fingerprint density at radius 3 is 2.37 bits per heavy atom. The third-order valence-corrected chi connectivity index (χ3v) is 4.61. The van der Waals surface area contributed by atoms with Crippen LogP contribution in [0.2, 0.25) is 0 Å². The first kappa shape index (κ1) is 16.7. The molecule has 1 rings (SSSR count). The molecule has 0 aliphatic carbocycles. The van der Waals surface area contributed by atoms with Crippen molar-refractivity contribution in [1.82, 2.24) is 0 Å². The molecule has 0 saturated carbocycles. The molecule has 0 heterocycles. The zero-order chi connectivity index (χ0) is 14.1. The van der Waals surface area contributed by atoms with Crippen LogP contribution in [0.1, 0.15) is 75.5 Å². The highest BCUT2D eigenvalue weighted by Crippen LogP contribution is 2.27. The van der Waals surface area contributed by atoms with E-state index in [1.54, 1.807) is 0 Å². The second-order valence-electron chi connectivity index (χ2n) is 5.38. The molecule has 1 unspecified atom stereocenters. The number of hydrogen-bond acceptors (Lipinski definition) is 1. The van der Waals surface area contributed by atoms with Crippen molar-refractivity contribution in [2.45, 2.75) is 71.3 Å². The zero-order valence-corrected chi connectivity index (χ0v) is 13.9. The topological polar surface area (TPSA) is 20.2 Å². The number of benzene rings is 1. The third kappa shape index (κ3) is 6.09. The second-order valence-corrected chi connectivity index (χ2v) is 6.23. The van der Waals surface area contributed by atoms with Gasteiger partial charge in [-0.15, -0.1) is 0 Å². The molecule has 1 N–H and O–H groups in total. The fraction of sp³-hybridized carbons (Fsp3) is 0.647. The quantitative estimate of drug-likeness (QED) is 0.557. The van der Waals surface area contributed by atoms with Crippen LogP contribution < -0.4 is 0 Å². The Bertz CT molecular complexity index is 362. The van der Waals surface area contributed by atoms with E-state index in [1.807, 2.05) is 18.2 Å². The molecule has 1 nitrogen and oxygen atoms in total. The van der Waals surface area contributed by atoms with Gasteiger partial charge in [-0.3, -0.25) is 0 Å². The van der Waals surface area contributed by atoms with Crippen LogP contribution >= 0.6 is 15.9 Å². The fourth-order valence-corrected chi connectivity index (χ4v) is 2.82. The van der Waals surface area contributed by atoms with Gasteiger partial charge in [-0.05, 0) is 30.5 Å². The Kier molecular flexibility index (Phi) is 8.40. The van der Waals surface area contributed by atoms with Crippen molar-refractivity contribution in [2.24, 2.45) is 0 Å². The average Bonchev–Trinajstić information content (AvgIpc) is 2.40. The summed E-state index contributed by atoms with van der Waals surface area (Å²) in [6, 6.07) is 6.06. The minimum Gasteiger partial charge on any atom is -0.388 e. The Morgan fingerprint density at radius 1 is 1.05 bits per heavy atom. The van der Waals surface area contributed by atoms with Gasteiger partial charge in [0.1, 0.15) is 0 Å². The molecule has 0 aliphatic rings. The third-order valence-electron chi connectivity index (χ3n) is 3.75. The van der Waals surface area contributed by atoms with Crippen LogP contribution in [0.15, 0.2) is 22.7 Å². The van der Waals surface area contributed by atoms with Gasteiger partial charge >= 0.3 is 0 Å². The molecule has 108 valence electrons. The van der Waals surface area contributed by atoms with Crippen molar-refractivity contribution in [3.05, 3.63) is 33.8 Å². The Balaban J connectivity index is 2.24. The summed E-state index contributed by atoms with van der Waals surface area (Å²) in [7, 11) is 0. The van der Waals surface area contributed by atoms with Crippen LogP contribution in [0.3, 0.4) is 0 Å². The minimum atomic E-state index is -0.312. The highest BCUT2D eigenvalue weighted by atomic mass is 79.9. The molecular weight excluding hydrogens is 300 g/mol. The van der Waals surface area contributed by atoms with Gasteiger partial charge in [-0.2, -0.15) is 0 Å². The van der Waals surface area contributed by atoms with Gasteiger partial charge < -0.3 is 5.11 Å². The fourth-order valence-electron chi connectivity index (χ4n) is 2.44. The number of unbranched alkanes of at least 4 members (excludes halogenated alkanes) is 6. The number of rotatable bonds is 9. The lowest BCUT2D eigenvalue weighted by atomic mass is 9.98. The Labute approximate surface area is 126 Å². The lowest BCUT2D eigenvalue weighted by molar-refractivity contribution is 0.162. The van der Waals surface area contributed by atoms with Crippen LogP contribution in [-0.2, 0) is 0 Å². The van der Waals surface area contributed by atoms with E-state index in [9.17, 15) is 5.11 Å². The first-order valence-electron chi connectivity index (χ1n) is 7.60. The van der Waals surface area contributed by atoms with Crippen molar-refractivity contribution in [3.63, 3.8) is 0 Å². The molecule has 0 bridgehead atoms. The molecular formula is C17H27BrO. The van der Waals surface area contributed by atoms with E-state index in [-0.39, 0.29) is 6.10 Å². The van der Waals surface area contributed by atoms with E-state index in [0.29, 0.717) is 0 Å². The average molecular weight is 327 g/mol. The molecule has 0 amide bonds. The summed E-state index contributed by atoms with van der Waals surface area (Å²) in [5, 5.41) is 10.2. The Hall–Kier alpha value is -0.340. The van der Waals surface area contributed by atoms with Crippen molar-refractivity contribution >= 4 is 15.9 Å². The summed E-state index contributed by atoms with van der Waals surface area (Å²) in [5.41, 5.74) is 2.23. The normalized spacial score (nSPS) is 12.6. The predicted molar refractivity (Wildman–Crippen MR) is 86.4 cm³/mol. The predicted octanol–water partition coefficient (Wildman–Crippen LogP) is 5.93. The summed E-state index contributed by atoms with van der Waals surface area (Å²) in [6.45, 7) is 4.31. The largest absolute Gasteiger partial charge is 0.388 e. The van der Waals surface area contributed by atoms with Gasteiger partial charge in [0.05, 0.1) is 6.10 Å². The maximum absolute atomic E-state index is 10.2. The van der Waals surface area contributed by atoms with E-state index >= 15 is 0 Å². The van der Waals surface area contributed by atoms with Crippen LogP contribution in [0.25, 0.3) is 0 Å². The highest BCUT2D eigenvalue weighted by Gasteiger charge is 2.11. The van der Waals surface area contributed by atoms with E-state index < -0.39 is 0 Å². The molecule has 1 atom stereocenters. The smallest absolute Gasteiger partial charge is 0.0793 e. The van der Waals surface area contributed by atoms with E-state index in [1.165, 1.54) is 38.5 Å². The molecule has 2 heteroatoms. The number of hydrogen-bond donors (Lipinski definition) is 1. The second kappa shape index (κ2) is 9.55. The monoisotopic (exact) mass is 326 g/mol. The summed E-state index contributed by atoms with van der Waals surface area (Å²) >= 11 is 3.52.